The monoisotopic (exact) mass is 288 g/mol. The van der Waals surface area contributed by atoms with E-state index in [-0.39, 0.29) is 5.75 Å². The van der Waals surface area contributed by atoms with Gasteiger partial charge >= 0.3 is 5.63 Å². The van der Waals surface area contributed by atoms with Crippen LogP contribution in [0.1, 0.15) is 0 Å². The summed E-state index contributed by atoms with van der Waals surface area (Å²) < 4.78 is 5.32. The van der Waals surface area contributed by atoms with Gasteiger partial charge in [-0.05, 0) is 40.6 Å². The van der Waals surface area contributed by atoms with Gasteiger partial charge in [-0.25, -0.2) is 4.79 Å². The van der Waals surface area contributed by atoms with Gasteiger partial charge in [0.25, 0.3) is 0 Å². The number of hydrogen-bond acceptors (Lipinski definition) is 3. The van der Waals surface area contributed by atoms with Gasteiger partial charge < -0.3 is 9.52 Å². The molecule has 0 aliphatic carbocycles. The molecule has 0 amide bonds. The SMILES string of the molecule is O=c1oc2cc(O)ccc2cc1-c1ccc2ccccc2c1. The smallest absolute Gasteiger partial charge is 0.344 e. The van der Waals surface area contributed by atoms with Crippen molar-refractivity contribution < 1.29 is 9.52 Å². The molecule has 0 saturated heterocycles. The molecule has 4 rings (SSSR count). The van der Waals surface area contributed by atoms with Crippen LogP contribution in [0, 0.1) is 0 Å². The normalized spacial score (nSPS) is 11.1. The van der Waals surface area contributed by atoms with Gasteiger partial charge in [0.15, 0.2) is 0 Å². The summed E-state index contributed by atoms with van der Waals surface area (Å²) in [5.41, 5.74) is 1.31. The first-order chi connectivity index (χ1) is 10.7. The van der Waals surface area contributed by atoms with Gasteiger partial charge in [0, 0.05) is 11.5 Å². The van der Waals surface area contributed by atoms with E-state index in [0.29, 0.717) is 11.1 Å². The van der Waals surface area contributed by atoms with Crippen LogP contribution in [-0.2, 0) is 0 Å². The van der Waals surface area contributed by atoms with Gasteiger partial charge in [0.05, 0.1) is 5.56 Å². The van der Waals surface area contributed by atoms with Gasteiger partial charge in [0.2, 0.25) is 0 Å². The van der Waals surface area contributed by atoms with Crippen LogP contribution in [0.3, 0.4) is 0 Å². The highest BCUT2D eigenvalue weighted by Crippen LogP contribution is 2.26. The van der Waals surface area contributed by atoms with Crippen molar-refractivity contribution in [2.45, 2.75) is 0 Å². The first-order valence-corrected chi connectivity index (χ1v) is 6.97. The van der Waals surface area contributed by atoms with Crippen molar-refractivity contribution in [2.24, 2.45) is 0 Å². The fourth-order valence-electron chi connectivity index (χ4n) is 2.66. The van der Waals surface area contributed by atoms with Gasteiger partial charge in [-0.2, -0.15) is 0 Å². The Morgan fingerprint density at radius 1 is 0.773 bits per heavy atom. The fraction of sp³-hybridized carbons (Fsp3) is 0. The summed E-state index contributed by atoms with van der Waals surface area (Å²) in [6.45, 7) is 0. The fourth-order valence-corrected chi connectivity index (χ4v) is 2.66. The second kappa shape index (κ2) is 4.74. The van der Waals surface area contributed by atoms with Crippen molar-refractivity contribution in [2.75, 3.05) is 0 Å². The Bertz CT molecular complexity index is 1060. The number of aromatic hydroxyl groups is 1. The highest BCUT2D eigenvalue weighted by molar-refractivity contribution is 5.89. The number of phenolic OH excluding ortho intramolecular Hbond substituents is 1. The Hall–Kier alpha value is -3.07. The van der Waals surface area contributed by atoms with Crippen LogP contribution < -0.4 is 5.63 Å². The van der Waals surface area contributed by atoms with E-state index in [1.165, 1.54) is 6.07 Å². The van der Waals surface area contributed by atoms with Crippen molar-refractivity contribution in [3.63, 3.8) is 0 Å². The molecule has 0 aliphatic rings. The number of phenols is 1. The molecule has 3 aromatic carbocycles. The summed E-state index contributed by atoms with van der Waals surface area (Å²) >= 11 is 0. The molecule has 0 spiro atoms. The van der Waals surface area contributed by atoms with Crippen LogP contribution in [0.5, 0.6) is 5.75 Å². The Morgan fingerprint density at radius 2 is 1.55 bits per heavy atom. The quantitative estimate of drug-likeness (QED) is 0.531. The molecule has 0 fully saturated rings. The third kappa shape index (κ3) is 2.04. The molecular formula is C19H12O3. The average molecular weight is 288 g/mol. The van der Waals surface area contributed by atoms with Crippen LogP contribution in [-0.4, -0.2) is 5.11 Å². The number of rotatable bonds is 1. The first kappa shape index (κ1) is 12.7. The molecule has 1 heterocycles. The molecule has 4 aromatic rings. The summed E-state index contributed by atoms with van der Waals surface area (Å²) in [5, 5.41) is 12.4. The minimum absolute atomic E-state index is 0.0779. The summed E-state index contributed by atoms with van der Waals surface area (Å²) in [5.74, 6) is 0.0779. The summed E-state index contributed by atoms with van der Waals surface area (Å²) in [4.78, 5) is 12.2. The van der Waals surface area contributed by atoms with E-state index >= 15 is 0 Å². The van der Waals surface area contributed by atoms with E-state index < -0.39 is 5.63 Å². The van der Waals surface area contributed by atoms with E-state index in [1.807, 2.05) is 42.5 Å². The lowest BCUT2D eigenvalue weighted by molar-refractivity contribution is 0.473. The molecule has 0 radical (unpaired) electrons. The lowest BCUT2D eigenvalue weighted by Gasteiger charge is -2.05. The molecular weight excluding hydrogens is 276 g/mol. The maximum absolute atomic E-state index is 12.2. The van der Waals surface area contributed by atoms with Gasteiger partial charge in [-0.1, -0.05) is 36.4 Å². The second-order valence-electron chi connectivity index (χ2n) is 5.23. The molecule has 1 aromatic heterocycles. The van der Waals surface area contributed by atoms with Crippen molar-refractivity contribution >= 4 is 21.7 Å². The number of benzene rings is 3. The second-order valence-corrected chi connectivity index (χ2v) is 5.23. The Balaban J connectivity index is 1.97. The zero-order chi connectivity index (χ0) is 15.1. The zero-order valence-electron chi connectivity index (χ0n) is 11.6. The first-order valence-electron chi connectivity index (χ1n) is 6.97. The summed E-state index contributed by atoms with van der Waals surface area (Å²) in [6, 6.07) is 20.4. The summed E-state index contributed by atoms with van der Waals surface area (Å²) in [6.07, 6.45) is 0. The molecule has 0 atom stereocenters. The minimum atomic E-state index is -0.409. The lowest BCUT2D eigenvalue weighted by Crippen LogP contribution is -2.02. The molecule has 0 unspecified atom stereocenters. The Kier molecular flexibility index (Phi) is 2.73. The largest absolute Gasteiger partial charge is 0.508 e. The van der Waals surface area contributed by atoms with E-state index in [1.54, 1.807) is 18.2 Å². The Morgan fingerprint density at radius 3 is 2.41 bits per heavy atom. The molecule has 0 saturated carbocycles. The third-order valence-electron chi connectivity index (χ3n) is 3.78. The summed E-state index contributed by atoms with van der Waals surface area (Å²) in [7, 11) is 0. The van der Waals surface area contributed by atoms with Crippen LogP contribution in [0.4, 0.5) is 0 Å². The predicted octanol–water partition coefficient (Wildman–Crippen LogP) is 4.32. The van der Waals surface area contributed by atoms with Crippen LogP contribution >= 0.6 is 0 Å². The third-order valence-corrected chi connectivity index (χ3v) is 3.78. The molecule has 0 bridgehead atoms. The highest BCUT2D eigenvalue weighted by Gasteiger charge is 2.09. The van der Waals surface area contributed by atoms with Crippen molar-refractivity contribution in [1.29, 1.82) is 0 Å². The van der Waals surface area contributed by atoms with Crippen LogP contribution in [0.2, 0.25) is 0 Å². The molecule has 0 aliphatic heterocycles. The number of fused-ring (bicyclic) bond motifs is 2. The molecule has 3 nitrogen and oxygen atoms in total. The highest BCUT2D eigenvalue weighted by atomic mass is 16.4. The van der Waals surface area contributed by atoms with Crippen molar-refractivity contribution in [1.82, 2.24) is 0 Å². The zero-order valence-corrected chi connectivity index (χ0v) is 11.6. The number of hydrogen-bond donors (Lipinski definition) is 1. The van der Waals surface area contributed by atoms with Crippen LogP contribution in [0.25, 0.3) is 32.9 Å². The Labute approximate surface area is 126 Å². The van der Waals surface area contributed by atoms with E-state index in [0.717, 1.165) is 21.7 Å². The van der Waals surface area contributed by atoms with E-state index in [2.05, 4.69) is 0 Å². The molecule has 1 N–H and O–H groups in total. The predicted molar refractivity (Wildman–Crippen MR) is 87.1 cm³/mol. The van der Waals surface area contributed by atoms with Crippen molar-refractivity contribution in [3.8, 4) is 16.9 Å². The lowest BCUT2D eigenvalue weighted by atomic mass is 10.0. The molecule has 106 valence electrons. The standard InChI is InChI=1S/C19H12O3/c20-16-8-7-15-10-17(19(21)22-18(15)11-16)14-6-5-12-3-1-2-4-13(12)9-14/h1-11,20H. The van der Waals surface area contributed by atoms with Crippen molar-refractivity contribution in [3.05, 3.63) is 77.2 Å². The maximum atomic E-state index is 12.2. The molecule has 3 heteroatoms. The van der Waals surface area contributed by atoms with Gasteiger partial charge in [-0.3, -0.25) is 0 Å². The van der Waals surface area contributed by atoms with Gasteiger partial charge in [-0.15, -0.1) is 0 Å². The van der Waals surface area contributed by atoms with Crippen LogP contribution in [0.15, 0.2) is 75.9 Å². The van der Waals surface area contributed by atoms with E-state index in [9.17, 15) is 9.90 Å². The van der Waals surface area contributed by atoms with E-state index in [4.69, 9.17) is 4.42 Å². The van der Waals surface area contributed by atoms with Gasteiger partial charge in [0.1, 0.15) is 11.3 Å². The minimum Gasteiger partial charge on any atom is -0.508 e. The average Bonchev–Trinajstić information content (AvgIpc) is 2.53. The molecule has 22 heavy (non-hydrogen) atoms. The maximum Gasteiger partial charge on any atom is 0.344 e. The topological polar surface area (TPSA) is 50.4 Å².